The molecule has 1 aliphatic rings. The Bertz CT molecular complexity index is 651. The van der Waals surface area contributed by atoms with Crippen molar-refractivity contribution in [3.8, 4) is 0 Å². The van der Waals surface area contributed by atoms with Gasteiger partial charge in [-0.15, -0.1) is 23.1 Å². The lowest BCUT2D eigenvalue weighted by Crippen LogP contribution is -2.48. The fourth-order valence-electron chi connectivity index (χ4n) is 2.74. The lowest BCUT2D eigenvalue weighted by Gasteiger charge is -2.34. The van der Waals surface area contributed by atoms with Gasteiger partial charge in [0, 0.05) is 43.0 Å². The molecule has 0 spiro atoms. The fourth-order valence-corrected chi connectivity index (χ4v) is 4.44. The van der Waals surface area contributed by atoms with Crippen LogP contribution in [-0.4, -0.2) is 52.6 Å². The smallest absolute Gasteiger partial charge is 0.232 e. The van der Waals surface area contributed by atoms with Crippen LogP contribution < -0.4 is 0 Å². The Morgan fingerprint density at radius 1 is 1.21 bits per heavy atom. The van der Waals surface area contributed by atoms with Crippen molar-refractivity contribution in [1.29, 1.82) is 0 Å². The van der Waals surface area contributed by atoms with Crippen molar-refractivity contribution < 1.29 is 4.79 Å². The highest BCUT2D eigenvalue weighted by Gasteiger charge is 2.21. The van der Waals surface area contributed by atoms with E-state index in [0.29, 0.717) is 5.75 Å². The number of aryl methyl sites for hydroxylation is 1. The van der Waals surface area contributed by atoms with E-state index in [1.165, 1.54) is 10.6 Å². The maximum atomic E-state index is 12.3. The second-order valence-electron chi connectivity index (χ2n) is 6.02. The predicted octanol–water partition coefficient (Wildman–Crippen LogP) is 3.03. The largest absolute Gasteiger partial charge is 0.339 e. The molecule has 128 valence electrons. The standard InChI is InChI=1S/C18H23N3OS2/c1-15-12-24-17(19-15)11-20-7-9-21(10-8-20)18(22)14-23-13-16-5-3-2-4-6-16/h2-6,12H,7-11,13-14H2,1H3. The number of piperazine rings is 1. The van der Waals surface area contributed by atoms with Crippen LogP contribution in [0.15, 0.2) is 35.7 Å². The zero-order chi connectivity index (χ0) is 16.8. The summed E-state index contributed by atoms with van der Waals surface area (Å²) in [5.74, 6) is 1.73. The fraction of sp³-hybridized carbons (Fsp3) is 0.444. The lowest BCUT2D eigenvalue weighted by atomic mass is 10.2. The van der Waals surface area contributed by atoms with Crippen molar-refractivity contribution in [2.75, 3.05) is 31.9 Å². The molecule has 1 aliphatic heterocycles. The van der Waals surface area contributed by atoms with E-state index < -0.39 is 0 Å². The first-order valence-corrected chi connectivity index (χ1v) is 10.3. The van der Waals surface area contributed by atoms with Gasteiger partial charge in [0.05, 0.1) is 12.3 Å². The van der Waals surface area contributed by atoms with Crippen molar-refractivity contribution in [2.24, 2.45) is 0 Å². The highest BCUT2D eigenvalue weighted by atomic mass is 32.2. The van der Waals surface area contributed by atoms with Crippen LogP contribution in [0, 0.1) is 6.92 Å². The molecule has 0 saturated carbocycles. The summed E-state index contributed by atoms with van der Waals surface area (Å²) in [4.78, 5) is 21.2. The Hall–Kier alpha value is -1.37. The topological polar surface area (TPSA) is 36.4 Å². The van der Waals surface area contributed by atoms with E-state index in [4.69, 9.17) is 0 Å². The molecule has 2 heterocycles. The Labute approximate surface area is 151 Å². The molecular formula is C18H23N3OS2. The number of hydrogen-bond acceptors (Lipinski definition) is 5. The van der Waals surface area contributed by atoms with Gasteiger partial charge in [-0.05, 0) is 12.5 Å². The van der Waals surface area contributed by atoms with E-state index in [0.717, 1.165) is 44.2 Å². The summed E-state index contributed by atoms with van der Waals surface area (Å²) < 4.78 is 0. The molecular weight excluding hydrogens is 338 g/mol. The number of thioether (sulfide) groups is 1. The predicted molar refractivity (Wildman–Crippen MR) is 101 cm³/mol. The molecule has 0 atom stereocenters. The van der Waals surface area contributed by atoms with Crippen molar-refractivity contribution in [3.05, 3.63) is 52.0 Å². The molecule has 4 nitrogen and oxygen atoms in total. The maximum absolute atomic E-state index is 12.3. The number of rotatable bonds is 6. The summed E-state index contributed by atoms with van der Waals surface area (Å²) in [5, 5.41) is 3.27. The summed E-state index contributed by atoms with van der Waals surface area (Å²) in [5.41, 5.74) is 2.37. The minimum atomic E-state index is 0.265. The van der Waals surface area contributed by atoms with Crippen molar-refractivity contribution in [2.45, 2.75) is 19.2 Å². The van der Waals surface area contributed by atoms with Gasteiger partial charge in [-0.3, -0.25) is 9.69 Å². The highest BCUT2D eigenvalue weighted by molar-refractivity contribution is 7.99. The zero-order valence-electron chi connectivity index (χ0n) is 14.0. The molecule has 0 N–H and O–H groups in total. The number of nitrogens with zero attached hydrogens (tertiary/aromatic N) is 3. The van der Waals surface area contributed by atoms with E-state index >= 15 is 0 Å². The Balaban J connectivity index is 1.37. The number of amides is 1. The van der Waals surface area contributed by atoms with Gasteiger partial charge in [-0.2, -0.15) is 0 Å². The van der Waals surface area contributed by atoms with Crippen LogP contribution in [0.4, 0.5) is 0 Å². The van der Waals surface area contributed by atoms with Gasteiger partial charge in [0.2, 0.25) is 5.91 Å². The van der Waals surface area contributed by atoms with Crippen LogP contribution in [0.5, 0.6) is 0 Å². The number of benzene rings is 1. The average molecular weight is 362 g/mol. The van der Waals surface area contributed by atoms with E-state index in [-0.39, 0.29) is 5.91 Å². The van der Waals surface area contributed by atoms with Crippen LogP contribution in [0.3, 0.4) is 0 Å². The molecule has 1 fully saturated rings. The number of hydrogen-bond donors (Lipinski definition) is 0. The zero-order valence-corrected chi connectivity index (χ0v) is 15.6. The third-order valence-electron chi connectivity index (χ3n) is 4.09. The van der Waals surface area contributed by atoms with Gasteiger partial charge >= 0.3 is 0 Å². The Morgan fingerprint density at radius 2 is 1.96 bits per heavy atom. The van der Waals surface area contributed by atoms with Crippen LogP contribution in [0.25, 0.3) is 0 Å². The third kappa shape index (κ3) is 5.06. The summed E-state index contributed by atoms with van der Waals surface area (Å²) in [7, 11) is 0. The summed E-state index contributed by atoms with van der Waals surface area (Å²) in [6.45, 7) is 6.47. The average Bonchev–Trinajstić information content (AvgIpc) is 3.01. The Morgan fingerprint density at radius 3 is 2.62 bits per heavy atom. The van der Waals surface area contributed by atoms with Crippen LogP contribution in [-0.2, 0) is 17.1 Å². The molecule has 0 aliphatic carbocycles. The van der Waals surface area contributed by atoms with Gasteiger partial charge in [-0.25, -0.2) is 4.98 Å². The van der Waals surface area contributed by atoms with Crippen LogP contribution in [0.2, 0.25) is 0 Å². The number of carbonyl (C=O) groups is 1. The molecule has 1 saturated heterocycles. The molecule has 2 aromatic rings. The van der Waals surface area contributed by atoms with Crippen molar-refractivity contribution in [3.63, 3.8) is 0 Å². The molecule has 3 rings (SSSR count). The van der Waals surface area contributed by atoms with Gasteiger partial charge in [0.1, 0.15) is 5.01 Å². The molecule has 6 heteroatoms. The van der Waals surface area contributed by atoms with Gasteiger partial charge in [0.15, 0.2) is 0 Å². The third-order valence-corrected chi connectivity index (χ3v) is 6.03. The molecule has 1 aromatic heterocycles. The van der Waals surface area contributed by atoms with E-state index in [1.807, 2.05) is 30.0 Å². The summed E-state index contributed by atoms with van der Waals surface area (Å²) in [6, 6.07) is 10.3. The first-order valence-electron chi connectivity index (χ1n) is 8.23. The SMILES string of the molecule is Cc1csc(CN2CCN(C(=O)CSCc3ccccc3)CC2)n1. The first-order chi connectivity index (χ1) is 11.7. The second kappa shape index (κ2) is 8.65. The van der Waals surface area contributed by atoms with E-state index in [9.17, 15) is 4.79 Å². The minimum Gasteiger partial charge on any atom is -0.339 e. The summed E-state index contributed by atoms with van der Waals surface area (Å²) >= 11 is 3.42. The Kier molecular flexibility index (Phi) is 6.29. The molecule has 24 heavy (non-hydrogen) atoms. The first kappa shape index (κ1) is 17.5. The number of carbonyl (C=O) groups excluding carboxylic acids is 1. The van der Waals surface area contributed by atoms with E-state index in [2.05, 4.69) is 27.4 Å². The number of aromatic nitrogens is 1. The van der Waals surface area contributed by atoms with Gasteiger partial charge in [0.25, 0.3) is 0 Å². The minimum absolute atomic E-state index is 0.265. The van der Waals surface area contributed by atoms with Crippen molar-refractivity contribution >= 4 is 29.0 Å². The second-order valence-corrected chi connectivity index (χ2v) is 7.95. The lowest BCUT2D eigenvalue weighted by molar-refractivity contribution is -0.130. The summed E-state index contributed by atoms with van der Waals surface area (Å²) in [6.07, 6.45) is 0. The quantitative estimate of drug-likeness (QED) is 0.792. The van der Waals surface area contributed by atoms with E-state index in [1.54, 1.807) is 23.1 Å². The molecule has 0 radical (unpaired) electrons. The number of thiazole rings is 1. The molecule has 1 aromatic carbocycles. The molecule has 1 amide bonds. The van der Waals surface area contributed by atoms with Crippen LogP contribution >= 0.6 is 23.1 Å². The normalized spacial score (nSPS) is 15.6. The van der Waals surface area contributed by atoms with Crippen molar-refractivity contribution in [1.82, 2.24) is 14.8 Å². The monoisotopic (exact) mass is 361 g/mol. The highest BCUT2D eigenvalue weighted by Crippen LogP contribution is 2.15. The maximum Gasteiger partial charge on any atom is 0.232 e. The van der Waals surface area contributed by atoms with Crippen LogP contribution in [0.1, 0.15) is 16.3 Å². The molecule has 0 bridgehead atoms. The van der Waals surface area contributed by atoms with Gasteiger partial charge in [-0.1, -0.05) is 30.3 Å². The van der Waals surface area contributed by atoms with Gasteiger partial charge < -0.3 is 4.90 Å². The molecule has 0 unspecified atom stereocenters.